The van der Waals surface area contributed by atoms with Gasteiger partial charge >= 0.3 is 0 Å². The van der Waals surface area contributed by atoms with Gasteiger partial charge in [-0.25, -0.2) is 21.9 Å². The van der Waals surface area contributed by atoms with Gasteiger partial charge in [-0.2, -0.15) is 0 Å². The Bertz CT molecular complexity index is 903. The van der Waals surface area contributed by atoms with Crippen molar-refractivity contribution in [3.05, 3.63) is 59.2 Å². The highest BCUT2D eigenvalue weighted by atomic mass is 32.2. The number of halogens is 2. The number of fused-ring (bicyclic) bond motifs is 1. The van der Waals surface area contributed by atoms with E-state index in [1.54, 1.807) is 6.07 Å². The number of rotatable bonds is 5. The number of sulfonamides is 1. The molecule has 0 saturated carbocycles. The molecule has 134 valence electrons. The summed E-state index contributed by atoms with van der Waals surface area (Å²) in [5.74, 6) is -2.04. The van der Waals surface area contributed by atoms with E-state index < -0.39 is 32.7 Å². The highest BCUT2D eigenvalue weighted by molar-refractivity contribution is 7.89. The van der Waals surface area contributed by atoms with Crippen LogP contribution >= 0.6 is 0 Å². The van der Waals surface area contributed by atoms with Gasteiger partial charge in [-0.05, 0) is 35.7 Å². The predicted molar refractivity (Wildman–Crippen MR) is 89.9 cm³/mol. The van der Waals surface area contributed by atoms with Crippen LogP contribution in [-0.2, 0) is 16.4 Å². The second-order valence-electron chi connectivity index (χ2n) is 6.00. The Kier molecular flexibility index (Phi) is 4.77. The Balaban J connectivity index is 1.72. The van der Waals surface area contributed by atoms with Crippen molar-refractivity contribution >= 4 is 15.7 Å². The Morgan fingerprint density at radius 1 is 1.24 bits per heavy atom. The molecule has 0 fully saturated rings. The van der Waals surface area contributed by atoms with E-state index in [0.29, 0.717) is 11.6 Å². The van der Waals surface area contributed by atoms with Crippen LogP contribution in [0.1, 0.15) is 17.2 Å². The molecular weight excluding hydrogens is 350 g/mol. The van der Waals surface area contributed by atoms with Gasteiger partial charge < -0.3 is 10.0 Å². The summed E-state index contributed by atoms with van der Waals surface area (Å²) in [5, 5.41) is 10.2. The first kappa shape index (κ1) is 17.8. The predicted octanol–water partition coefficient (Wildman–Crippen LogP) is 1.97. The normalized spacial score (nSPS) is 15.3. The van der Waals surface area contributed by atoms with E-state index in [2.05, 4.69) is 9.62 Å². The summed E-state index contributed by atoms with van der Waals surface area (Å²) in [6.07, 6.45) is -0.215. The van der Waals surface area contributed by atoms with E-state index in [4.69, 9.17) is 0 Å². The number of benzene rings is 2. The lowest BCUT2D eigenvalue weighted by molar-refractivity contribution is 0.182. The molecule has 25 heavy (non-hydrogen) atoms. The molecule has 0 bridgehead atoms. The molecule has 2 aromatic rings. The third-order valence-corrected chi connectivity index (χ3v) is 5.72. The Hall–Kier alpha value is -2.03. The molecular formula is C17H18F2N2O3S. The van der Waals surface area contributed by atoms with Crippen LogP contribution in [0.2, 0.25) is 0 Å². The van der Waals surface area contributed by atoms with Gasteiger partial charge in [0.05, 0.1) is 6.10 Å². The number of nitrogens with one attached hydrogen (secondary N) is 1. The largest absolute Gasteiger partial charge is 0.387 e. The van der Waals surface area contributed by atoms with E-state index in [0.717, 1.165) is 36.3 Å². The molecule has 2 N–H and O–H groups in total. The lowest BCUT2D eigenvalue weighted by Crippen LogP contribution is -2.29. The highest BCUT2D eigenvalue weighted by Crippen LogP contribution is 2.29. The van der Waals surface area contributed by atoms with Crippen LogP contribution in [0.4, 0.5) is 14.5 Å². The van der Waals surface area contributed by atoms with Crippen molar-refractivity contribution in [2.75, 3.05) is 25.0 Å². The van der Waals surface area contributed by atoms with E-state index in [-0.39, 0.29) is 6.54 Å². The maximum absolute atomic E-state index is 13.7. The third-order valence-electron chi connectivity index (χ3n) is 4.27. The number of hydrogen-bond acceptors (Lipinski definition) is 4. The average Bonchev–Trinajstić information content (AvgIpc) is 2.93. The van der Waals surface area contributed by atoms with Crippen molar-refractivity contribution in [3.8, 4) is 0 Å². The number of likely N-dealkylation sites (N-methyl/N-ethyl adjacent to an activating group) is 1. The van der Waals surface area contributed by atoms with E-state index in [1.165, 1.54) is 0 Å². The van der Waals surface area contributed by atoms with Gasteiger partial charge in [0.1, 0.15) is 16.5 Å². The molecule has 0 amide bonds. The van der Waals surface area contributed by atoms with Gasteiger partial charge in [0, 0.05) is 31.9 Å². The zero-order valence-electron chi connectivity index (χ0n) is 13.5. The van der Waals surface area contributed by atoms with Crippen molar-refractivity contribution in [3.63, 3.8) is 0 Å². The summed E-state index contributed by atoms with van der Waals surface area (Å²) in [6, 6.07) is 7.68. The highest BCUT2D eigenvalue weighted by Gasteiger charge is 2.22. The number of aliphatic hydroxyl groups is 1. The molecule has 0 radical (unpaired) electrons. The Labute approximate surface area is 145 Å². The molecule has 0 aromatic heterocycles. The summed E-state index contributed by atoms with van der Waals surface area (Å²) in [6.45, 7) is 0.582. The van der Waals surface area contributed by atoms with Crippen LogP contribution in [0.25, 0.3) is 0 Å². The molecule has 0 saturated heterocycles. The third kappa shape index (κ3) is 3.65. The quantitative estimate of drug-likeness (QED) is 0.847. The van der Waals surface area contributed by atoms with Crippen molar-refractivity contribution in [1.29, 1.82) is 0 Å². The van der Waals surface area contributed by atoms with Gasteiger partial charge in [0.15, 0.2) is 0 Å². The monoisotopic (exact) mass is 368 g/mol. The van der Waals surface area contributed by atoms with Crippen LogP contribution in [0, 0.1) is 11.6 Å². The van der Waals surface area contributed by atoms with Crippen LogP contribution in [0.5, 0.6) is 0 Å². The van der Waals surface area contributed by atoms with Gasteiger partial charge in [0.2, 0.25) is 10.0 Å². The molecule has 8 heteroatoms. The molecule has 3 rings (SSSR count). The fourth-order valence-corrected chi connectivity index (χ4v) is 3.97. The average molecular weight is 368 g/mol. The maximum Gasteiger partial charge on any atom is 0.243 e. The fraction of sp³-hybridized carbons (Fsp3) is 0.294. The Morgan fingerprint density at radius 2 is 2.00 bits per heavy atom. The van der Waals surface area contributed by atoms with Crippen molar-refractivity contribution in [1.82, 2.24) is 4.72 Å². The molecule has 1 atom stereocenters. The minimum absolute atomic E-state index is 0.312. The van der Waals surface area contributed by atoms with Gasteiger partial charge in [-0.15, -0.1) is 0 Å². The first-order chi connectivity index (χ1) is 11.8. The van der Waals surface area contributed by atoms with Gasteiger partial charge in [0.25, 0.3) is 0 Å². The Morgan fingerprint density at radius 3 is 2.72 bits per heavy atom. The summed E-state index contributed by atoms with van der Waals surface area (Å²) < 4.78 is 53.0. The minimum Gasteiger partial charge on any atom is -0.387 e. The summed E-state index contributed by atoms with van der Waals surface area (Å²) in [7, 11) is -2.21. The van der Waals surface area contributed by atoms with Crippen molar-refractivity contribution in [2.24, 2.45) is 0 Å². The van der Waals surface area contributed by atoms with E-state index in [1.807, 2.05) is 19.2 Å². The van der Waals surface area contributed by atoms with Crippen molar-refractivity contribution in [2.45, 2.75) is 17.4 Å². The first-order valence-electron chi connectivity index (χ1n) is 7.74. The van der Waals surface area contributed by atoms with Crippen LogP contribution < -0.4 is 9.62 Å². The van der Waals surface area contributed by atoms with Crippen LogP contribution in [0.3, 0.4) is 0 Å². The number of aliphatic hydroxyl groups excluding tert-OH is 1. The van der Waals surface area contributed by atoms with Crippen LogP contribution in [0.15, 0.2) is 41.3 Å². The molecule has 1 heterocycles. The lowest BCUT2D eigenvalue weighted by Gasteiger charge is -2.16. The molecule has 5 nitrogen and oxygen atoms in total. The lowest BCUT2D eigenvalue weighted by atomic mass is 10.0. The minimum atomic E-state index is -4.19. The molecule has 2 aromatic carbocycles. The van der Waals surface area contributed by atoms with Crippen molar-refractivity contribution < 1.29 is 22.3 Å². The zero-order valence-corrected chi connectivity index (χ0v) is 14.4. The SMILES string of the molecule is CN1CCc2cc(C(O)CNS(=O)(=O)c3ccc(F)cc3F)ccc21. The zero-order chi connectivity index (χ0) is 18.2. The van der Waals surface area contributed by atoms with Gasteiger partial charge in [-0.3, -0.25) is 0 Å². The number of nitrogens with zero attached hydrogens (tertiary/aromatic N) is 1. The van der Waals surface area contributed by atoms with E-state index >= 15 is 0 Å². The fourth-order valence-electron chi connectivity index (χ4n) is 2.87. The standard InChI is InChI=1S/C17H18F2N2O3S/c1-21-7-6-11-8-12(2-4-15(11)21)16(22)10-20-25(23,24)17-5-3-13(18)9-14(17)19/h2-5,8-9,16,20,22H,6-7,10H2,1H3. The second kappa shape index (κ2) is 6.70. The number of anilines is 1. The smallest absolute Gasteiger partial charge is 0.243 e. The topological polar surface area (TPSA) is 69.6 Å². The second-order valence-corrected chi connectivity index (χ2v) is 7.74. The molecule has 1 unspecified atom stereocenters. The maximum atomic E-state index is 13.7. The van der Waals surface area contributed by atoms with E-state index in [9.17, 15) is 22.3 Å². The molecule has 1 aliphatic heterocycles. The summed E-state index contributed by atoms with van der Waals surface area (Å²) in [4.78, 5) is 1.45. The summed E-state index contributed by atoms with van der Waals surface area (Å²) in [5.41, 5.74) is 2.76. The number of hydrogen-bond donors (Lipinski definition) is 2. The molecule has 0 spiro atoms. The molecule has 0 aliphatic carbocycles. The van der Waals surface area contributed by atoms with Crippen LogP contribution in [-0.4, -0.2) is 33.7 Å². The first-order valence-corrected chi connectivity index (χ1v) is 9.23. The summed E-state index contributed by atoms with van der Waals surface area (Å²) >= 11 is 0. The molecule has 1 aliphatic rings. The van der Waals surface area contributed by atoms with Gasteiger partial charge in [-0.1, -0.05) is 12.1 Å².